The predicted octanol–water partition coefficient (Wildman–Crippen LogP) is 1.91. The summed E-state index contributed by atoms with van der Waals surface area (Å²) < 4.78 is 11.4. The van der Waals surface area contributed by atoms with E-state index < -0.39 is 0 Å². The maximum Gasteiger partial charge on any atom is 0.222 e. The number of nitrogens with two attached hydrogens (primary N) is 2. The molecule has 0 aliphatic carbocycles. The second-order valence-electron chi connectivity index (χ2n) is 5.34. The van der Waals surface area contributed by atoms with Crippen molar-refractivity contribution in [3.8, 4) is 29.6 Å². The molecule has 24 heavy (non-hydrogen) atoms. The highest BCUT2D eigenvalue weighted by molar-refractivity contribution is 5.56. The van der Waals surface area contributed by atoms with Crippen molar-refractivity contribution >= 4 is 11.8 Å². The number of aliphatic hydroxyl groups is 1. The van der Waals surface area contributed by atoms with Gasteiger partial charge in [-0.25, -0.2) is 4.98 Å². The van der Waals surface area contributed by atoms with E-state index in [1.165, 1.54) is 6.20 Å². The topological polar surface area (TPSA) is 117 Å². The SMILES string of the molecule is C#Cc1cc(Oc2cnc(N)nc2N)c(C(C)C)cc1OCCO. The lowest BCUT2D eigenvalue weighted by Gasteiger charge is -2.17. The van der Waals surface area contributed by atoms with Gasteiger partial charge in [-0.2, -0.15) is 4.98 Å². The van der Waals surface area contributed by atoms with E-state index in [4.69, 9.17) is 32.5 Å². The third kappa shape index (κ3) is 3.86. The third-order valence-electron chi connectivity index (χ3n) is 3.26. The highest BCUT2D eigenvalue weighted by Gasteiger charge is 2.16. The van der Waals surface area contributed by atoms with Crippen molar-refractivity contribution in [3.05, 3.63) is 29.5 Å². The van der Waals surface area contributed by atoms with Crippen LogP contribution in [0.2, 0.25) is 0 Å². The molecule has 0 amide bonds. The molecule has 0 saturated carbocycles. The Hall–Kier alpha value is -2.98. The van der Waals surface area contributed by atoms with Gasteiger partial charge >= 0.3 is 0 Å². The summed E-state index contributed by atoms with van der Waals surface area (Å²) in [5.41, 5.74) is 12.7. The summed E-state index contributed by atoms with van der Waals surface area (Å²) in [7, 11) is 0. The highest BCUT2D eigenvalue weighted by Crippen LogP contribution is 2.37. The van der Waals surface area contributed by atoms with Crippen LogP contribution in [0.4, 0.5) is 11.8 Å². The molecule has 0 spiro atoms. The second-order valence-corrected chi connectivity index (χ2v) is 5.34. The smallest absolute Gasteiger partial charge is 0.222 e. The average Bonchev–Trinajstić information content (AvgIpc) is 2.55. The number of terminal acetylenes is 1. The molecule has 0 unspecified atom stereocenters. The van der Waals surface area contributed by atoms with Crippen LogP contribution in [0.15, 0.2) is 18.3 Å². The number of nitrogen functional groups attached to an aromatic ring is 2. The van der Waals surface area contributed by atoms with Crippen molar-refractivity contribution in [1.82, 2.24) is 9.97 Å². The fourth-order valence-electron chi connectivity index (χ4n) is 2.10. The van der Waals surface area contributed by atoms with Gasteiger partial charge in [0.15, 0.2) is 11.6 Å². The van der Waals surface area contributed by atoms with Gasteiger partial charge in [-0.05, 0) is 12.0 Å². The summed E-state index contributed by atoms with van der Waals surface area (Å²) in [4.78, 5) is 7.75. The highest BCUT2D eigenvalue weighted by atomic mass is 16.5. The van der Waals surface area contributed by atoms with Crippen LogP contribution in [0, 0.1) is 12.3 Å². The molecule has 126 valence electrons. The average molecular weight is 328 g/mol. The van der Waals surface area contributed by atoms with Crippen LogP contribution in [-0.2, 0) is 0 Å². The Morgan fingerprint density at radius 3 is 2.58 bits per heavy atom. The lowest BCUT2D eigenvalue weighted by atomic mass is 9.99. The number of hydrogen-bond acceptors (Lipinski definition) is 7. The Bertz CT molecular complexity index is 769. The van der Waals surface area contributed by atoms with Gasteiger partial charge in [0.2, 0.25) is 5.95 Å². The van der Waals surface area contributed by atoms with Crippen LogP contribution >= 0.6 is 0 Å². The lowest BCUT2D eigenvalue weighted by Crippen LogP contribution is -2.06. The molecule has 2 rings (SSSR count). The van der Waals surface area contributed by atoms with Crippen molar-refractivity contribution in [3.63, 3.8) is 0 Å². The first-order valence-electron chi connectivity index (χ1n) is 7.40. The number of aromatic nitrogens is 2. The summed E-state index contributed by atoms with van der Waals surface area (Å²) >= 11 is 0. The first kappa shape index (κ1) is 17.4. The minimum Gasteiger partial charge on any atom is -0.490 e. The van der Waals surface area contributed by atoms with Crippen molar-refractivity contribution in [2.45, 2.75) is 19.8 Å². The van der Waals surface area contributed by atoms with Crippen LogP contribution in [0.25, 0.3) is 0 Å². The number of rotatable bonds is 6. The van der Waals surface area contributed by atoms with E-state index in [2.05, 4.69) is 15.9 Å². The van der Waals surface area contributed by atoms with Crippen molar-refractivity contribution in [1.29, 1.82) is 0 Å². The van der Waals surface area contributed by atoms with Crippen LogP contribution in [0.1, 0.15) is 30.9 Å². The van der Waals surface area contributed by atoms with E-state index in [0.717, 1.165) is 5.56 Å². The molecule has 0 aliphatic rings. The number of hydrogen-bond donors (Lipinski definition) is 3. The van der Waals surface area contributed by atoms with Gasteiger partial charge in [0.1, 0.15) is 18.1 Å². The summed E-state index contributed by atoms with van der Waals surface area (Å²) in [5, 5.41) is 8.93. The van der Waals surface area contributed by atoms with Crippen LogP contribution < -0.4 is 20.9 Å². The fraction of sp³-hybridized carbons (Fsp3) is 0.294. The quantitative estimate of drug-likeness (QED) is 0.693. The molecule has 0 fully saturated rings. The molecule has 1 aromatic heterocycles. The predicted molar refractivity (Wildman–Crippen MR) is 92.0 cm³/mol. The monoisotopic (exact) mass is 328 g/mol. The Balaban J connectivity index is 2.46. The maximum absolute atomic E-state index is 8.93. The molecule has 1 heterocycles. The molecule has 2 aromatic rings. The van der Waals surface area contributed by atoms with Crippen LogP contribution in [0.3, 0.4) is 0 Å². The maximum atomic E-state index is 8.93. The fourth-order valence-corrected chi connectivity index (χ4v) is 2.10. The molecular weight excluding hydrogens is 308 g/mol. The lowest BCUT2D eigenvalue weighted by molar-refractivity contribution is 0.201. The molecule has 7 nitrogen and oxygen atoms in total. The van der Waals surface area contributed by atoms with Gasteiger partial charge in [-0.15, -0.1) is 6.42 Å². The summed E-state index contributed by atoms with van der Waals surface area (Å²) in [5.74, 6) is 4.24. The normalized spacial score (nSPS) is 10.5. The van der Waals surface area contributed by atoms with Crippen LogP contribution in [-0.4, -0.2) is 28.3 Å². The first-order valence-corrected chi connectivity index (χ1v) is 7.40. The van der Waals surface area contributed by atoms with Gasteiger partial charge in [-0.1, -0.05) is 19.8 Å². The molecule has 0 bridgehead atoms. The van der Waals surface area contributed by atoms with Gasteiger partial charge in [-0.3, -0.25) is 0 Å². The molecule has 1 aromatic carbocycles. The Morgan fingerprint density at radius 1 is 1.25 bits per heavy atom. The number of aliphatic hydroxyl groups excluding tert-OH is 1. The largest absolute Gasteiger partial charge is 0.490 e. The summed E-state index contributed by atoms with van der Waals surface area (Å²) in [6.07, 6.45) is 6.96. The zero-order chi connectivity index (χ0) is 17.7. The van der Waals surface area contributed by atoms with Gasteiger partial charge in [0, 0.05) is 11.6 Å². The summed E-state index contributed by atoms with van der Waals surface area (Å²) in [6.45, 7) is 4.08. The minimum atomic E-state index is -0.0986. The molecule has 7 heteroatoms. The molecule has 0 radical (unpaired) electrons. The van der Waals surface area contributed by atoms with E-state index in [1.54, 1.807) is 12.1 Å². The molecule has 0 aliphatic heterocycles. The number of ether oxygens (including phenoxy) is 2. The number of nitrogens with zero attached hydrogens (tertiary/aromatic N) is 2. The van der Waals surface area contributed by atoms with Gasteiger partial charge in [0.05, 0.1) is 18.4 Å². The van der Waals surface area contributed by atoms with E-state index in [0.29, 0.717) is 17.1 Å². The number of anilines is 2. The number of benzene rings is 1. The van der Waals surface area contributed by atoms with E-state index >= 15 is 0 Å². The van der Waals surface area contributed by atoms with E-state index in [1.807, 2.05) is 13.8 Å². The molecule has 0 saturated heterocycles. The molecular formula is C17H20N4O3. The standard InChI is InChI=1S/C17H20N4O3/c1-4-11-7-14(24-15-9-20-17(19)21-16(15)18)12(10(2)3)8-13(11)23-6-5-22/h1,7-10,22H,5-6H2,2-3H3,(H4,18,19,20,21). The van der Waals surface area contributed by atoms with Crippen molar-refractivity contribution in [2.24, 2.45) is 0 Å². The summed E-state index contributed by atoms with van der Waals surface area (Å²) in [6, 6.07) is 3.50. The molecule has 0 atom stereocenters. The second kappa shape index (κ2) is 7.53. The van der Waals surface area contributed by atoms with E-state index in [-0.39, 0.29) is 36.6 Å². The van der Waals surface area contributed by atoms with Crippen LogP contribution in [0.5, 0.6) is 17.2 Å². The Labute approximate surface area is 140 Å². The Kier molecular flexibility index (Phi) is 5.45. The Morgan fingerprint density at radius 2 is 2.00 bits per heavy atom. The van der Waals surface area contributed by atoms with Gasteiger partial charge < -0.3 is 26.0 Å². The van der Waals surface area contributed by atoms with Crippen molar-refractivity contribution < 1.29 is 14.6 Å². The molecule has 5 N–H and O–H groups in total. The zero-order valence-corrected chi connectivity index (χ0v) is 13.6. The van der Waals surface area contributed by atoms with Crippen molar-refractivity contribution in [2.75, 3.05) is 24.7 Å². The first-order chi connectivity index (χ1) is 11.5. The third-order valence-corrected chi connectivity index (χ3v) is 3.26. The minimum absolute atomic E-state index is 0.0704. The van der Waals surface area contributed by atoms with E-state index in [9.17, 15) is 0 Å². The van der Waals surface area contributed by atoms with Gasteiger partial charge in [0.25, 0.3) is 0 Å². The zero-order valence-electron chi connectivity index (χ0n) is 13.6.